The number of ether oxygens (including phenoxy) is 2. The molecule has 5 nitrogen and oxygen atoms in total. The molecule has 0 aliphatic heterocycles. The maximum absolute atomic E-state index is 13.4. The van der Waals surface area contributed by atoms with E-state index in [2.05, 4.69) is 5.32 Å². The average molecular weight is 352 g/mol. The number of hydrogen-bond donors (Lipinski definition) is 1. The van der Waals surface area contributed by atoms with Crippen molar-refractivity contribution in [3.05, 3.63) is 58.9 Å². The molecule has 7 heteroatoms. The fraction of sp³-hybridized carbons (Fsp3) is 0.176. The number of aryl methyl sites for hydroxylation is 1. The van der Waals surface area contributed by atoms with Gasteiger partial charge in [-0.25, -0.2) is 9.18 Å². The Morgan fingerprint density at radius 3 is 2.62 bits per heavy atom. The highest BCUT2D eigenvalue weighted by Crippen LogP contribution is 2.21. The van der Waals surface area contributed by atoms with Gasteiger partial charge in [-0.3, -0.25) is 4.79 Å². The lowest BCUT2D eigenvalue weighted by Crippen LogP contribution is -2.24. The molecule has 2 aromatic carbocycles. The minimum Gasteiger partial charge on any atom is -0.482 e. The van der Waals surface area contributed by atoms with E-state index in [4.69, 9.17) is 21.1 Å². The van der Waals surface area contributed by atoms with E-state index < -0.39 is 24.3 Å². The first-order valence-electron chi connectivity index (χ1n) is 7.04. The van der Waals surface area contributed by atoms with Gasteiger partial charge < -0.3 is 14.8 Å². The third-order valence-corrected chi connectivity index (χ3v) is 3.23. The average Bonchev–Trinajstić information content (AvgIpc) is 2.54. The third kappa shape index (κ3) is 5.24. The third-order valence-electron chi connectivity index (χ3n) is 2.99. The molecular formula is C17H15ClFNO4. The molecular weight excluding hydrogens is 337 g/mol. The second-order valence-electron chi connectivity index (χ2n) is 4.89. The molecule has 126 valence electrons. The van der Waals surface area contributed by atoms with Crippen LogP contribution in [0, 0.1) is 12.7 Å². The van der Waals surface area contributed by atoms with Crippen molar-refractivity contribution in [3.63, 3.8) is 0 Å². The van der Waals surface area contributed by atoms with Gasteiger partial charge in [0.1, 0.15) is 11.6 Å². The highest BCUT2D eigenvalue weighted by molar-refractivity contribution is 6.30. The number of anilines is 1. The molecule has 0 radical (unpaired) electrons. The molecule has 2 aromatic rings. The van der Waals surface area contributed by atoms with Crippen molar-refractivity contribution in [3.8, 4) is 5.75 Å². The number of para-hydroxylation sites is 1. The van der Waals surface area contributed by atoms with E-state index in [0.29, 0.717) is 10.8 Å². The van der Waals surface area contributed by atoms with Crippen LogP contribution in [0.4, 0.5) is 10.1 Å². The van der Waals surface area contributed by atoms with Crippen molar-refractivity contribution in [1.82, 2.24) is 0 Å². The van der Waals surface area contributed by atoms with Crippen molar-refractivity contribution in [2.45, 2.75) is 6.92 Å². The first-order valence-corrected chi connectivity index (χ1v) is 7.42. The van der Waals surface area contributed by atoms with Crippen molar-refractivity contribution in [2.24, 2.45) is 0 Å². The summed E-state index contributed by atoms with van der Waals surface area (Å²) in [5.41, 5.74) is 0.791. The van der Waals surface area contributed by atoms with Crippen LogP contribution >= 0.6 is 11.6 Å². The largest absolute Gasteiger partial charge is 0.482 e. The zero-order valence-corrected chi connectivity index (χ0v) is 13.6. The van der Waals surface area contributed by atoms with Crippen LogP contribution in [-0.4, -0.2) is 25.1 Å². The van der Waals surface area contributed by atoms with Crippen LogP contribution in [0.3, 0.4) is 0 Å². The molecule has 2 rings (SSSR count). The summed E-state index contributed by atoms with van der Waals surface area (Å²) in [4.78, 5) is 23.2. The van der Waals surface area contributed by atoms with Crippen LogP contribution in [-0.2, 0) is 14.3 Å². The van der Waals surface area contributed by atoms with Gasteiger partial charge in [-0.2, -0.15) is 0 Å². The van der Waals surface area contributed by atoms with Crippen LogP contribution in [0.5, 0.6) is 5.75 Å². The second kappa shape index (κ2) is 8.31. The summed E-state index contributed by atoms with van der Waals surface area (Å²) in [7, 11) is 0. The molecule has 0 aliphatic rings. The summed E-state index contributed by atoms with van der Waals surface area (Å²) in [5, 5.41) is 2.87. The molecule has 1 amide bonds. The molecule has 0 saturated heterocycles. The molecule has 0 unspecified atom stereocenters. The van der Waals surface area contributed by atoms with Crippen molar-refractivity contribution in [2.75, 3.05) is 18.5 Å². The van der Waals surface area contributed by atoms with Gasteiger partial charge in [0.25, 0.3) is 5.91 Å². The molecule has 0 bridgehead atoms. The van der Waals surface area contributed by atoms with Crippen molar-refractivity contribution < 1.29 is 23.5 Å². The number of amides is 1. The molecule has 1 N–H and O–H groups in total. The van der Waals surface area contributed by atoms with Crippen molar-refractivity contribution >= 4 is 29.2 Å². The van der Waals surface area contributed by atoms with E-state index in [9.17, 15) is 14.0 Å². The van der Waals surface area contributed by atoms with Gasteiger partial charge in [-0.05, 0) is 42.8 Å². The Bertz CT molecular complexity index is 751. The van der Waals surface area contributed by atoms with Crippen LogP contribution in [0.2, 0.25) is 5.02 Å². The van der Waals surface area contributed by atoms with E-state index in [1.165, 1.54) is 18.2 Å². The number of esters is 1. The number of hydrogen-bond acceptors (Lipinski definition) is 4. The van der Waals surface area contributed by atoms with Gasteiger partial charge in [0.15, 0.2) is 13.2 Å². The number of rotatable bonds is 6. The lowest BCUT2D eigenvalue weighted by atomic mass is 10.2. The number of benzene rings is 2. The summed E-state index contributed by atoms with van der Waals surface area (Å²) in [6.45, 7) is 0.903. The van der Waals surface area contributed by atoms with E-state index in [-0.39, 0.29) is 12.3 Å². The Hall–Kier alpha value is -2.60. The summed E-state index contributed by atoms with van der Waals surface area (Å²) < 4.78 is 23.4. The topological polar surface area (TPSA) is 64.6 Å². The summed E-state index contributed by atoms with van der Waals surface area (Å²) in [6, 6.07) is 10.7. The van der Waals surface area contributed by atoms with Gasteiger partial charge >= 0.3 is 5.97 Å². The smallest absolute Gasteiger partial charge is 0.344 e. The molecule has 0 aliphatic carbocycles. The van der Waals surface area contributed by atoms with E-state index >= 15 is 0 Å². The fourth-order valence-electron chi connectivity index (χ4n) is 1.85. The first-order chi connectivity index (χ1) is 11.5. The summed E-state index contributed by atoms with van der Waals surface area (Å²) >= 11 is 5.82. The van der Waals surface area contributed by atoms with Gasteiger partial charge in [0.2, 0.25) is 0 Å². The van der Waals surface area contributed by atoms with Gasteiger partial charge in [-0.15, -0.1) is 0 Å². The predicted molar refractivity (Wildman–Crippen MR) is 87.7 cm³/mol. The lowest BCUT2D eigenvalue weighted by molar-refractivity contribution is -0.149. The maximum atomic E-state index is 13.4. The first kappa shape index (κ1) is 17.7. The molecule has 0 heterocycles. The lowest BCUT2D eigenvalue weighted by Gasteiger charge is -2.10. The van der Waals surface area contributed by atoms with E-state index in [1.54, 1.807) is 31.2 Å². The van der Waals surface area contributed by atoms with Crippen molar-refractivity contribution in [1.29, 1.82) is 0 Å². The van der Waals surface area contributed by atoms with Crippen LogP contribution in [0.1, 0.15) is 5.56 Å². The minimum absolute atomic E-state index is 0.0200. The minimum atomic E-state index is -0.715. The molecule has 0 saturated carbocycles. The predicted octanol–water partition coefficient (Wildman–Crippen LogP) is 3.35. The fourth-order valence-corrected chi connectivity index (χ4v) is 2.07. The van der Waals surface area contributed by atoms with Crippen LogP contribution in [0.15, 0.2) is 42.5 Å². The highest BCUT2D eigenvalue weighted by atomic mass is 35.5. The zero-order chi connectivity index (χ0) is 17.5. The van der Waals surface area contributed by atoms with Gasteiger partial charge in [-0.1, -0.05) is 23.7 Å². The molecule has 0 atom stereocenters. The molecule has 0 spiro atoms. The maximum Gasteiger partial charge on any atom is 0.344 e. The second-order valence-corrected chi connectivity index (χ2v) is 5.32. The molecule has 0 fully saturated rings. The Balaban J connectivity index is 1.76. The Morgan fingerprint density at radius 1 is 1.17 bits per heavy atom. The summed E-state index contributed by atoms with van der Waals surface area (Å²) in [6.07, 6.45) is 0. The Kier molecular flexibility index (Phi) is 6.14. The van der Waals surface area contributed by atoms with Crippen LogP contribution in [0.25, 0.3) is 0 Å². The Morgan fingerprint density at radius 2 is 1.92 bits per heavy atom. The normalized spacial score (nSPS) is 10.1. The summed E-state index contributed by atoms with van der Waals surface area (Å²) in [5.74, 6) is -1.44. The Labute approximate surface area is 143 Å². The number of carbonyl (C=O) groups excluding carboxylic acids is 2. The highest BCUT2D eigenvalue weighted by Gasteiger charge is 2.11. The molecule has 0 aromatic heterocycles. The monoisotopic (exact) mass is 351 g/mol. The SMILES string of the molecule is Cc1cc(Cl)ccc1OCC(=O)OCC(=O)Nc1ccccc1F. The standard InChI is InChI=1S/C17H15ClFNO4/c1-11-8-12(18)6-7-15(11)23-10-17(22)24-9-16(21)20-14-5-3-2-4-13(14)19/h2-8H,9-10H2,1H3,(H,20,21). The van der Waals surface area contributed by atoms with Crippen LogP contribution < -0.4 is 10.1 Å². The number of carbonyl (C=O) groups is 2. The van der Waals surface area contributed by atoms with Gasteiger partial charge in [0, 0.05) is 5.02 Å². The number of halogens is 2. The molecule has 24 heavy (non-hydrogen) atoms. The van der Waals surface area contributed by atoms with Gasteiger partial charge in [0.05, 0.1) is 5.69 Å². The van der Waals surface area contributed by atoms with E-state index in [1.807, 2.05) is 0 Å². The number of nitrogens with one attached hydrogen (secondary N) is 1. The van der Waals surface area contributed by atoms with E-state index in [0.717, 1.165) is 5.56 Å². The zero-order valence-electron chi connectivity index (χ0n) is 12.8. The quantitative estimate of drug-likeness (QED) is 0.811.